The number of hydrogen-bond acceptors (Lipinski definition) is 7. The molecule has 3 rings (SSSR count). The lowest BCUT2D eigenvalue weighted by Crippen LogP contribution is -2.41. The standard InChI is InChI=1S/C15H18N4O4/c1-9-10-4-5-12(19(10)18-8-17-9)15(7-16)14(20)13(22-3)11(23-15)6-21-2/h4-5,8,11,13-14,20H,6H2,1-3H3/t11-,13-,14-,15+/m1/s1. The molecular weight excluding hydrogens is 300 g/mol. The number of aliphatic hydroxyl groups excluding tert-OH is 1. The molecule has 23 heavy (non-hydrogen) atoms. The third-order valence-corrected chi connectivity index (χ3v) is 4.23. The molecule has 1 saturated heterocycles. The molecule has 2 aromatic heterocycles. The van der Waals surface area contributed by atoms with Gasteiger partial charge >= 0.3 is 0 Å². The molecule has 4 atom stereocenters. The summed E-state index contributed by atoms with van der Waals surface area (Å²) in [6.45, 7) is 2.05. The van der Waals surface area contributed by atoms with Gasteiger partial charge in [0.1, 0.15) is 30.7 Å². The molecular formula is C15H18N4O4. The van der Waals surface area contributed by atoms with Crippen LogP contribution in [-0.2, 0) is 19.8 Å². The Labute approximate surface area is 133 Å². The van der Waals surface area contributed by atoms with Crippen molar-refractivity contribution in [2.75, 3.05) is 20.8 Å². The van der Waals surface area contributed by atoms with E-state index in [1.54, 1.807) is 16.6 Å². The Morgan fingerprint density at radius 2 is 2.26 bits per heavy atom. The third-order valence-electron chi connectivity index (χ3n) is 4.23. The fraction of sp³-hybridized carbons (Fsp3) is 0.533. The Hall–Kier alpha value is -2.05. The number of rotatable bonds is 4. The molecule has 0 spiro atoms. The van der Waals surface area contributed by atoms with E-state index in [1.165, 1.54) is 20.5 Å². The summed E-state index contributed by atoms with van der Waals surface area (Å²) in [7, 11) is 2.99. The zero-order valence-corrected chi connectivity index (χ0v) is 13.1. The Morgan fingerprint density at radius 1 is 1.48 bits per heavy atom. The van der Waals surface area contributed by atoms with Crippen LogP contribution < -0.4 is 0 Å². The van der Waals surface area contributed by atoms with E-state index in [1.807, 2.05) is 6.92 Å². The van der Waals surface area contributed by atoms with Gasteiger partial charge in [-0.25, -0.2) is 9.50 Å². The predicted molar refractivity (Wildman–Crippen MR) is 78.6 cm³/mol. The molecule has 0 aliphatic carbocycles. The van der Waals surface area contributed by atoms with E-state index in [0.29, 0.717) is 5.69 Å². The third kappa shape index (κ3) is 2.21. The number of aromatic nitrogens is 3. The van der Waals surface area contributed by atoms with Crippen LogP contribution >= 0.6 is 0 Å². The number of ether oxygens (including phenoxy) is 3. The number of aliphatic hydroxyl groups is 1. The summed E-state index contributed by atoms with van der Waals surface area (Å²) in [5, 5.41) is 24.7. The highest BCUT2D eigenvalue weighted by atomic mass is 16.6. The number of hydrogen-bond donors (Lipinski definition) is 1. The minimum atomic E-state index is -1.59. The van der Waals surface area contributed by atoms with Gasteiger partial charge in [0.2, 0.25) is 5.60 Å². The first-order valence-electron chi connectivity index (χ1n) is 7.17. The second-order valence-electron chi connectivity index (χ2n) is 5.47. The van der Waals surface area contributed by atoms with E-state index in [2.05, 4.69) is 16.2 Å². The van der Waals surface area contributed by atoms with Gasteiger partial charge in [-0.1, -0.05) is 0 Å². The number of nitriles is 1. The SMILES string of the molecule is COC[C@H]1O[C@@](C#N)(c2ccc3c(C)ncnn23)[C@H](O)[C@@H]1OC. The Balaban J connectivity index is 2.14. The fourth-order valence-corrected chi connectivity index (χ4v) is 3.08. The number of aryl methyl sites for hydroxylation is 1. The molecule has 0 aromatic carbocycles. The Bertz CT molecular complexity index is 756. The van der Waals surface area contributed by atoms with Crippen LogP contribution in [0.3, 0.4) is 0 Å². The van der Waals surface area contributed by atoms with Crippen LogP contribution in [-0.4, -0.2) is 58.8 Å². The molecule has 122 valence electrons. The minimum absolute atomic E-state index is 0.205. The summed E-state index contributed by atoms with van der Waals surface area (Å²) < 4.78 is 17.9. The summed E-state index contributed by atoms with van der Waals surface area (Å²) >= 11 is 0. The molecule has 8 heteroatoms. The van der Waals surface area contributed by atoms with Crippen molar-refractivity contribution in [1.82, 2.24) is 14.6 Å². The fourth-order valence-electron chi connectivity index (χ4n) is 3.08. The smallest absolute Gasteiger partial charge is 0.225 e. The average Bonchev–Trinajstić information content (AvgIpc) is 3.09. The highest BCUT2D eigenvalue weighted by Gasteiger charge is 2.58. The van der Waals surface area contributed by atoms with Crippen LogP contribution in [0.2, 0.25) is 0 Å². The minimum Gasteiger partial charge on any atom is -0.386 e. The summed E-state index contributed by atoms with van der Waals surface area (Å²) in [4.78, 5) is 4.13. The van der Waals surface area contributed by atoms with Crippen molar-refractivity contribution in [2.45, 2.75) is 30.8 Å². The lowest BCUT2D eigenvalue weighted by molar-refractivity contribution is -0.0715. The molecule has 2 aromatic rings. The normalized spacial score (nSPS) is 30.7. The number of methoxy groups -OCH3 is 2. The van der Waals surface area contributed by atoms with Gasteiger partial charge in [0, 0.05) is 14.2 Å². The first-order chi connectivity index (χ1) is 11.1. The van der Waals surface area contributed by atoms with Crippen molar-refractivity contribution in [1.29, 1.82) is 5.26 Å². The van der Waals surface area contributed by atoms with E-state index in [-0.39, 0.29) is 6.61 Å². The molecule has 1 N–H and O–H groups in total. The van der Waals surface area contributed by atoms with Crippen molar-refractivity contribution in [2.24, 2.45) is 0 Å². The first-order valence-corrected chi connectivity index (χ1v) is 7.17. The van der Waals surface area contributed by atoms with Crippen molar-refractivity contribution in [3.63, 3.8) is 0 Å². The van der Waals surface area contributed by atoms with E-state index in [0.717, 1.165) is 11.2 Å². The topological polar surface area (TPSA) is 102 Å². The van der Waals surface area contributed by atoms with Crippen LogP contribution in [0.5, 0.6) is 0 Å². The van der Waals surface area contributed by atoms with Crippen LogP contribution in [0.1, 0.15) is 11.4 Å². The van der Waals surface area contributed by atoms with Gasteiger partial charge in [-0.05, 0) is 19.1 Å². The highest BCUT2D eigenvalue weighted by molar-refractivity contribution is 5.54. The van der Waals surface area contributed by atoms with Gasteiger partial charge in [0.05, 0.1) is 23.5 Å². The molecule has 0 bridgehead atoms. The monoisotopic (exact) mass is 318 g/mol. The molecule has 0 radical (unpaired) electrons. The van der Waals surface area contributed by atoms with E-state index >= 15 is 0 Å². The summed E-state index contributed by atoms with van der Waals surface area (Å²) in [5.74, 6) is 0. The highest BCUT2D eigenvalue weighted by Crippen LogP contribution is 2.41. The predicted octanol–water partition coefficient (Wildman–Crippen LogP) is 0.178. The average molecular weight is 318 g/mol. The van der Waals surface area contributed by atoms with E-state index < -0.39 is 23.9 Å². The van der Waals surface area contributed by atoms with Crippen molar-refractivity contribution in [3.05, 3.63) is 29.8 Å². The lowest BCUT2D eigenvalue weighted by atomic mass is 9.92. The zero-order valence-electron chi connectivity index (χ0n) is 13.1. The second kappa shape index (κ2) is 5.86. The van der Waals surface area contributed by atoms with Gasteiger partial charge in [0.25, 0.3) is 0 Å². The Morgan fingerprint density at radius 3 is 2.91 bits per heavy atom. The summed E-state index contributed by atoms with van der Waals surface area (Å²) in [6.07, 6.45) is -1.01. The van der Waals surface area contributed by atoms with Gasteiger partial charge in [-0.2, -0.15) is 10.4 Å². The van der Waals surface area contributed by atoms with Crippen LogP contribution in [0.25, 0.3) is 5.52 Å². The largest absolute Gasteiger partial charge is 0.386 e. The number of fused-ring (bicyclic) bond motifs is 1. The van der Waals surface area contributed by atoms with E-state index in [4.69, 9.17) is 14.2 Å². The first kappa shape index (κ1) is 15.8. The second-order valence-corrected chi connectivity index (χ2v) is 5.47. The molecule has 0 unspecified atom stereocenters. The Kier molecular flexibility index (Phi) is 4.04. The number of nitrogens with zero attached hydrogens (tertiary/aromatic N) is 4. The molecule has 1 aliphatic heterocycles. The van der Waals surface area contributed by atoms with Crippen LogP contribution in [0.15, 0.2) is 18.5 Å². The maximum absolute atomic E-state index is 10.7. The van der Waals surface area contributed by atoms with Gasteiger partial charge in [-0.15, -0.1) is 0 Å². The molecule has 1 fully saturated rings. The molecule has 8 nitrogen and oxygen atoms in total. The molecule has 3 heterocycles. The zero-order chi connectivity index (χ0) is 16.6. The summed E-state index contributed by atoms with van der Waals surface area (Å²) in [6, 6.07) is 5.62. The molecule has 1 aliphatic rings. The van der Waals surface area contributed by atoms with E-state index in [9.17, 15) is 10.4 Å². The maximum atomic E-state index is 10.7. The van der Waals surface area contributed by atoms with Crippen LogP contribution in [0, 0.1) is 18.3 Å². The van der Waals surface area contributed by atoms with Crippen molar-refractivity contribution >= 4 is 5.52 Å². The molecule has 0 amide bonds. The van der Waals surface area contributed by atoms with Gasteiger partial charge < -0.3 is 19.3 Å². The van der Waals surface area contributed by atoms with Crippen molar-refractivity contribution < 1.29 is 19.3 Å². The van der Waals surface area contributed by atoms with Gasteiger partial charge in [-0.3, -0.25) is 0 Å². The molecule has 0 saturated carbocycles. The quantitative estimate of drug-likeness (QED) is 0.857. The maximum Gasteiger partial charge on any atom is 0.225 e. The lowest BCUT2D eigenvalue weighted by Gasteiger charge is -2.24. The van der Waals surface area contributed by atoms with Gasteiger partial charge in [0.15, 0.2) is 0 Å². The van der Waals surface area contributed by atoms with Crippen molar-refractivity contribution in [3.8, 4) is 6.07 Å². The summed E-state index contributed by atoms with van der Waals surface area (Å²) in [5.41, 5.74) is 0.367. The van der Waals surface area contributed by atoms with Crippen LogP contribution in [0.4, 0.5) is 0 Å².